The zero-order valence-electron chi connectivity index (χ0n) is 10.6. The molecule has 0 aliphatic heterocycles. The Bertz CT molecular complexity index is 554. The summed E-state index contributed by atoms with van der Waals surface area (Å²) in [7, 11) is 0. The zero-order chi connectivity index (χ0) is 13.7. The average Bonchev–Trinajstić information content (AvgIpc) is 2.40. The Morgan fingerprint density at radius 3 is 2.84 bits per heavy atom. The van der Waals surface area contributed by atoms with Crippen molar-refractivity contribution >= 4 is 5.97 Å². The van der Waals surface area contributed by atoms with Crippen LogP contribution in [0, 0.1) is 6.92 Å². The Morgan fingerprint density at radius 1 is 1.37 bits per heavy atom. The second-order valence-corrected chi connectivity index (χ2v) is 4.30. The summed E-state index contributed by atoms with van der Waals surface area (Å²) < 4.78 is 5.56. The summed E-state index contributed by atoms with van der Waals surface area (Å²) in [5.41, 5.74) is 1.72. The van der Waals surface area contributed by atoms with E-state index >= 15 is 0 Å². The van der Waals surface area contributed by atoms with Crippen LogP contribution in [-0.2, 0) is 4.79 Å². The maximum Gasteiger partial charge on any atom is 0.314 e. The van der Waals surface area contributed by atoms with Gasteiger partial charge in [0, 0.05) is 12.4 Å². The van der Waals surface area contributed by atoms with Gasteiger partial charge in [-0.3, -0.25) is 9.78 Å². The lowest BCUT2D eigenvalue weighted by atomic mass is 10.0. The third kappa shape index (κ3) is 3.55. The van der Waals surface area contributed by atoms with E-state index in [0.29, 0.717) is 11.3 Å². The summed E-state index contributed by atoms with van der Waals surface area (Å²) in [6.45, 7) is 2.05. The van der Waals surface area contributed by atoms with Gasteiger partial charge >= 0.3 is 5.97 Å². The van der Waals surface area contributed by atoms with Crippen LogP contribution in [0.3, 0.4) is 0 Å². The first-order valence-corrected chi connectivity index (χ1v) is 5.99. The molecule has 1 atom stereocenters. The Balaban J connectivity index is 2.08. The van der Waals surface area contributed by atoms with Gasteiger partial charge in [0.2, 0.25) is 0 Å². The van der Waals surface area contributed by atoms with Gasteiger partial charge in [0.05, 0.1) is 0 Å². The molecule has 0 saturated heterocycles. The molecule has 2 aromatic rings. The molecule has 2 rings (SSSR count). The van der Waals surface area contributed by atoms with E-state index in [9.17, 15) is 9.90 Å². The summed E-state index contributed by atoms with van der Waals surface area (Å²) in [6.07, 6.45) is 3.17. The molecule has 0 amide bonds. The van der Waals surface area contributed by atoms with Crippen LogP contribution >= 0.6 is 0 Å². The molecule has 1 unspecified atom stereocenters. The lowest BCUT2D eigenvalue weighted by Crippen LogP contribution is -2.19. The highest BCUT2D eigenvalue weighted by Crippen LogP contribution is 2.19. The van der Waals surface area contributed by atoms with Gasteiger partial charge in [-0.25, -0.2) is 0 Å². The number of hydrogen-bond donors (Lipinski definition) is 1. The molecular formula is C15H15NO3. The number of carbonyl (C=O) groups is 1. The Labute approximate surface area is 111 Å². The number of aromatic nitrogens is 1. The largest absolute Gasteiger partial charge is 0.492 e. The van der Waals surface area contributed by atoms with Crippen molar-refractivity contribution in [2.45, 2.75) is 12.8 Å². The van der Waals surface area contributed by atoms with Gasteiger partial charge in [-0.1, -0.05) is 18.2 Å². The van der Waals surface area contributed by atoms with E-state index in [1.165, 1.54) is 0 Å². The normalized spacial score (nSPS) is 11.8. The summed E-state index contributed by atoms with van der Waals surface area (Å²) >= 11 is 0. The van der Waals surface area contributed by atoms with Crippen molar-refractivity contribution in [3.8, 4) is 5.75 Å². The fraction of sp³-hybridized carbons (Fsp3) is 0.200. The number of rotatable bonds is 5. The van der Waals surface area contributed by atoms with E-state index in [0.717, 1.165) is 5.56 Å². The number of pyridine rings is 1. The summed E-state index contributed by atoms with van der Waals surface area (Å²) in [5.74, 6) is -0.954. The Kier molecular flexibility index (Phi) is 4.13. The molecule has 0 bridgehead atoms. The van der Waals surface area contributed by atoms with Gasteiger partial charge in [0.1, 0.15) is 18.3 Å². The van der Waals surface area contributed by atoms with Crippen molar-refractivity contribution in [1.29, 1.82) is 0 Å². The molecule has 4 heteroatoms. The van der Waals surface area contributed by atoms with E-state index in [1.807, 2.05) is 31.2 Å². The molecule has 4 nitrogen and oxygen atoms in total. The number of nitrogens with zero attached hydrogens (tertiary/aromatic N) is 1. The topological polar surface area (TPSA) is 59.4 Å². The van der Waals surface area contributed by atoms with Crippen molar-refractivity contribution in [1.82, 2.24) is 4.98 Å². The van der Waals surface area contributed by atoms with E-state index in [-0.39, 0.29) is 6.61 Å². The van der Waals surface area contributed by atoms with Crippen LogP contribution in [0.15, 0.2) is 48.8 Å². The summed E-state index contributed by atoms with van der Waals surface area (Å²) in [6, 6.07) is 11.0. The smallest absolute Gasteiger partial charge is 0.314 e. The molecule has 1 aromatic heterocycles. The van der Waals surface area contributed by atoms with Crippen LogP contribution in [-0.4, -0.2) is 22.7 Å². The standard InChI is InChI=1S/C15H15NO3/c1-11-4-2-6-13(8-11)19-10-14(15(17)18)12-5-3-7-16-9-12/h2-9,14H,10H2,1H3,(H,17,18). The highest BCUT2D eigenvalue weighted by Gasteiger charge is 2.20. The van der Waals surface area contributed by atoms with Crippen LogP contribution in [0.2, 0.25) is 0 Å². The predicted octanol–water partition coefficient (Wildman–Crippen LogP) is 2.64. The van der Waals surface area contributed by atoms with Crippen molar-refractivity contribution in [2.75, 3.05) is 6.61 Å². The van der Waals surface area contributed by atoms with Crippen molar-refractivity contribution < 1.29 is 14.6 Å². The van der Waals surface area contributed by atoms with Crippen LogP contribution in [0.5, 0.6) is 5.75 Å². The van der Waals surface area contributed by atoms with E-state index in [1.54, 1.807) is 24.5 Å². The quantitative estimate of drug-likeness (QED) is 0.894. The van der Waals surface area contributed by atoms with Crippen LogP contribution in [0.4, 0.5) is 0 Å². The lowest BCUT2D eigenvalue weighted by Gasteiger charge is -2.14. The maximum absolute atomic E-state index is 11.3. The highest BCUT2D eigenvalue weighted by atomic mass is 16.5. The van der Waals surface area contributed by atoms with Gasteiger partial charge in [-0.2, -0.15) is 0 Å². The van der Waals surface area contributed by atoms with E-state index < -0.39 is 11.9 Å². The minimum atomic E-state index is -0.916. The molecule has 0 saturated carbocycles. The molecule has 0 aliphatic rings. The van der Waals surface area contributed by atoms with E-state index in [4.69, 9.17) is 4.74 Å². The third-order valence-corrected chi connectivity index (χ3v) is 2.79. The molecule has 0 radical (unpaired) electrons. The van der Waals surface area contributed by atoms with Crippen LogP contribution in [0.25, 0.3) is 0 Å². The second kappa shape index (κ2) is 6.00. The number of carboxylic acid groups (broad SMARTS) is 1. The first-order valence-electron chi connectivity index (χ1n) is 5.99. The Morgan fingerprint density at radius 2 is 2.21 bits per heavy atom. The van der Waals surface area contributed by atoms with Crippen molar-refractivity contribution in [3.63, 3.8) is 0 Å². The van der Waals surface area contributed by atoms with E-state index in [2.05, 4.69) is 4.98 Å². The average molecular weight is 257 g/mol. The number of aryl methyl sites for hydroxylation is 1. The van der Waals surface area contributed by atoms with Gasteiger partial charge in [-0.15, -0.1) is 0 Å². The molecule has 98 valence electrons. The monoisotopic (exact) mass is 257 g/mol. The number of carboxylic acids is 1. The van der Waals surface area contributed by atoms with Crippen LogP contribution < -0.4 is 4.74 Å². The molecule has 1 aromatic carbocycles. The molecule has 1 heterocycles. The van der Waals surface area contributed by atoms with Crippen LogP contribution in [0.1, 0.15) is 17.0 Å². The molecular weight excluding hydrogens is 242 g/mol. The minimum Gasteiger partial charge on any atom is -0.492 e. The molecule has 0 fully saturated rings. The Hall–Kier alpha value is -2.36. The van der Waals surface area contributed by atoms with Gasteiger partial charge in [-0.05, 0) is 36.2 Å². The highest BCUT2D eigenvalue weighted by molar-refractivity contribution is 5.76. The van der Waals surface area contributed by atoms with Crippen molar-refractivity contribution in [3.05, 3.63) is 59.9 Å². The van der Waals surface area contributed by atoms with Crippen molar-refractivity contribution in [2.24, 2.45) is 0 Å². The summed E-state index contributed by atoms with van der Waals surface area (Å²) in [4.78, 5) is 15.2. The zero-order valence-corrected chi connectivity index (χ0v) is 10.6. The second-order valence-electron chi connectivity index (χ2n) is 4.30. The molecule has 0 aliphatic carbocycles. The molecule has 0 spiro atoms. The molecule has 1 N–H and O–H groups in total. The lowest BCUT2D eigenvalue weighted by molar-refractivity contribution is -0.139. The van der Waals surface area contributed by atoms with Gasteiger partial charge < -0.3 is 9.84 Å². The fourth-order valence-corrected chi connectivity index (χ4v) is 1.78. The van der Waals surface area contributed by atoms with Gasteiger partial charge in [0.25, 0.3) is 0 Å². The number of aliphatic carboxylic acids is 1. The summed E-state index contributed by atoms with van der Waals surface area (Å²) in [5, 5.41) is 9.25. The predicted molar refractivity (Wildman–Crippen MR) is 71.3 cm³/mol. The maximum atomic E-state index is 11.3. The number of hydrogen-bond acceptors (Lipinski definition) is 3. The first-order chi connectivity index (χ1) is 9.16. The first kappa shape index (κ1) is 13.1. The minimum absolute atomic E-state index is 0.0878. The fourth-order valence-electron chi connectivity index (χ4n) is 1.78. The number of benzene rings is 1. The third-order valence-electron chi connectivity index (χ3n) is 2.79. The van der Waals surface area contributed by atoms with Gasteiger partial charge in [0.15, 0.2) is 0 Å². The number of ether oxygens (including phenoxy) is 1. The SMILES string of the molecule is Cc1cccc(OCC(C(=O)O)c2cccnc2)c1. The molecule has 19 heavy (non-hydrogen) atoms.